The Morgan fingerprint density at radius 1 is 1.04 bits per heavy atom. The van der Waals surface area contributed by atoms with Crippen LogP contribution in [0.1, 0.15) is 19.8 Å². The Balaban J connectivity index is 1.91. The molecule has 1 heterocycles. The largest absolute Gasteiger partial charge is 0.467 e. The van der Waals surface area contributed by atoms with Gasteiger partial charge in [-0.15, -0.1) is 0 Å². The molecule has 1 saturated heterocycles. The van der Waals surface area contributed by atoms with E-state index < -0.39 is 12.1 Å². The molecule has 0 radical (unpaired) electrons. The third-order valence-corrected chi connectivity index (χ3v) is 4.82. The van der Waals surface area contributed by atoms with Crippen LogP contribution in [0, 0.1) is 0 Å². The molecule has 0 aliphatic carbocycles. The molecule has 0 bridgehead atoms. The highest BCUT2D eigenvalue weighted by atomic mass is 16.5. The van der Waals surface area contributed by atoms with Gasteiger partial charge in [-0.1, -0.05) is 36.4 Å². The van der Waals surface area contributed by atoms with Gasteiger partial charge in [0.05, 0.1) is 7.11 Å². The number of amides is 1. The Morgan fingerprint density at radius 2 is 1.58 bits per heavy atom. The van der Waals surface area contributed by atoms with E-state index in [1.165, 1.54) is 7.11 Å². The van der Waals surface area contributed by atoms with Gasteiger partial charge in [0.2, 0.25) is 5.91 Å². The summed E-state index contributed by atoms with van der Waals surface area (Å²) in [4.78, 5) is 28.9. The summed E-state index contributed by atoms with van der Waals surface area (Å²) in [7, 11) is 1.37. The van der Waals surface area contributed by atoms with Crippen LogP contribution in [0.25, 0.3) is 0 Å². The first kappa shape index (κ1) is 18.0. The summed E-state index contributed by atoms with van der Waals surface area (Å²) in [5.41, 5.74) is 1.88. The van der Waals surface area contributed by atoms with Gasteiger partial charge in [0.15, 0.2) is 0 Å². The van der Waals surface area contributed by atoms with E-state index in [4.69, 9.17) is 4.74 Å². The van der Waals surface area contributed by atoms with E-state index in [0.29, 0.717) is 13.0 Å². The molecular weight excluding hydrogens is 328 g/mol. The number of methoxy groups -OCH3 is 1. The molecule has 2 atom stereocenters. The summed E-state index contributed by atoms with van der Waals surface area (Å²) in [6.45, 7) is 2.47. The predicted molar refractivity (Wildman–Crippen MR) is 101 cm³/mol. The van der Waals surface area contributed by atoms with E-state index in [2.05, 4.69) is 0 Å². The second-order valence-electron chi connectivity index (χ2n) is 6.43. The van der Waals surface area contributed by atoms with Crippen molar-refractivity contribution < 1.29 is 14.3 Å². The monoisotopic (exact) mass is 352 g/mol. The second-order valence-corrected chi connectivity index (χ2v) is 6.43. The fourth-order valence-electron chi connectivity index (χ4n) is 3.54. The van der Waals surface area contributed by atoms with E-state index in [1.54, 1.807) is 4.90 Å². The summed E-state index contributed by atoms with van der Waals surface area (Å²) in [5, 5.41) is 0. The molecule has 0 aromatic heterocycles. The molecule has 136 valence electrons. The van der Waals surface area contributed by atoms with E-state index in [-0.39, 0.29) is 11.9 Å². The lowest BCUT2D eigenvalue weighted by molar-refractivity contribution is -0.151. The first-order valence-electron chi connectivity index (χ1n) is 8.91. The first-order chi connectivity index (χ1) is 12.6. The average molecular weight is 352 g/mol. The van der Waals surface area contributed by atoms with E-state index in [1.807, 2.05) is 72.5 Å². The number of likely N-dealkylation sites (tertiary alicyclic amines) is 1. The van der Waals surface area contributed by atoms with Gasteiger partial charge in [0, 0.05) is 17.9 Å². The van der Waals surface area contributed by atoms with Crippen molar-refractivity contribution in [2.24, 2.45) is 0 Å². The van der Waals surface area contributed by atoms with Crippen LogP contribution in [0.3, 0.4) is 0 Å². The number of anilines is 2. The maximum absolute atomic E-state index is 13.2. The average Bonchev–Trinajstić information content (AvgIpc) is 3.18. The summed E-state index contributed by atoms with van der Waals surface area (Å²) in [6, 6.07) is 18.7. The predicted octanol–water partition coefficient (Wildman–Crippen LogP) is 3.38. The smallest absolute Gasteiger partial charge is 0.328 e. The maximum atomic E-state index is 13.2. The highest BCUT2D eigenvalue weighted by Crippen LogP contribution is 2.29. The van der Waals surface area contributed by atoms with Crippen molar-refractivity contribution in [1.82, 2.24) is 4.90 Å². The molecule has 1 fully saturated rings. The molecule has 0 spiro atoms. The van der Waals surface area contributed by atoms with Gasteiger partial charge in [-0.05, 0) is 44.0 Å². The molecule has 5 heteroatoms. The van der Waals surface area contributed by atoms with Gasteiger partial charge < -0.3 is 14.5 Å². The number of hydrogen-bond donors (Lipinski definition) is 0. The number of nitrogens with zero attached hydrogens (tertiary/aromatic N) is 2. The van der Waals surface area contributed by atoms with Crippen molar-refractivity contribution in [3.8, 4) is 0 Å². The van der Waals surface area contributed by atoms with Crippen molar-refractivity contribution in [2.75, 3.05) is 18.6 Å². The zero-order chi connectivity index (χ0) is 18.5. The van der Waals surface area contributed by atoms with Gasteiger partial charge in [0.1, 0.15) is 12.1 Å². The van der Waals surface area contributed by atoms with Crippen molar-refractivity contribution in [2.45, 2.75) is 31.8 Å². The third-order valence-electron chi connectivity index (χ3n) is 4.82. The minimum atomic E-state index is -0.483. The highest BCUT2D eigenvalue weighted by Gasteiger charge is 2.38. The lowest BCUT2D eigenvalue weighted by Gasteiger charge is -2.34. The molecule has 0 unspecified atom stereocenters. The Bertz CT molecular complexity index is 709. The van der Waals surface area contributed by atoms with E-state index in [9.17, 15) is 9.59 Å². The molecule has 2 aromatic rings. The molecule has 26 heavy (non-hydrogen) atoms. The number of esters is 1. The summed E-state index contributed by atoms with van der Waals surface area (Å²) in [5.74, 6) is -0.403. The summed E-state index contributed by atoms with van der Waals surface area (Å²) >= 11 is 0. The van der Waals surface area contributed by atoms with Crippen LogP contribution in [0.15, 0.2) is 60.7 Å². The SMILES string of the molecule is COC(=O)[C@@H]1CCCN1C(=O)[C@@H](C)N(c1ccccc1)c1ccccc1. The quantitative estimate of drug-likeness (QED) is 0.774. The molecule has 0 saturated carbocycles. The number of rotatable bonds is 5. The van der Waals surface area contributed by atoms with E-state index in [0.717, 1.165) is 17.8 Å². The Kier molecular flexibility index (Phi) is 5.56. The van der Waals surface area contributed by atoms with Gasteiger partial charge in [-0.2, -0.15) is 0 Å². The van der Waals surface area contributed by atoms with Crippen LogP contribution < -0.4 is 4.90 Å². The zero-order valence-electron chi connectivity index (χ0n) is 15.2. The van der Waals surface area contributed by atoms with Gasteiger partial charge in [-0.3, -0.25) is 4.79 Å². The number of hydrogen-bond acceptors (Lipinski definition) is 4. The van der Waals surface area contributed by atoms with Gasteiger partial charge in [0.25, 0.3) is 0 Å². The second kappa shape index (κ2) is 8.04. The first-order valence-corrected chi connectivity index (χ1v) is 8.91. The standard InChI is InChI=1S/C21H24N2O3/c1-16(20(24)22-15-9-14-19(22)21(25)26-2)23(17-10-5-3-6-11-17)18-12-7-4-8-13-18/h3-8,10-13,16,19H,9,14-15H2,1-2H3/t16-,19+/m1/s1. The highest BCUT2D eigenvalue weighted by molar-refractivity contribution is 5.91. The molecule has 1 aliphatic heterocycles. The van der Waals surface area contributed by atoms with Crippen molar-refractivity contribution in [1.29, 1.82) is 0 Å². The minimum Gasteiger partial charge on any atom is -0.467 e. The summed E-state index contributed by atoms with van der Waals surface area (Å²) < 4.78 is 4.88. The molecule has 5 nitrogen and oxygen atoms in total. The fourth-order valence-corrected chi connectivity index (χ4v) is 3.54. The topological polar surface area (TPSA) is 49.9 Å². The van der Waals surface area contributed by atoms with Gasteiger partial charge in [-0.25, -0.2) is 4.79 Å². The Labute approximate surface area is 154 Å². The van der Waals surface area contributed by atoms with Crippen molar-refractivity contribution in [3.63, 3.8) is 0 Å². The molecule has 0 N–H and O–H groups in total. The van der Waals surface area contributed by atoms with Crippen LogP contribution in [0.5, 0.6) is 0 Å². The van der Waals surface area contributed by atoms with Crippen molar-refractivity contribution >= 4 is 23.3 Å². The lowest BCUT2D eigenvalue weighted by Crippen LogP contribution is -2.49. The number of ether oxygens (including phenoxy) is 1. The van der Waals surface area contributed by atoms with Crippen LogP contribution >= 0.6 is 0 Å². The van der Waals surface area contributed by atoms with Crippen LogP contribution in [-0.2, 0) is 14.3 Å². The minimum absolute atomic E-state index is 0.0643. The van der Waals surface area contributed by atoms with E-state index >= 15 is 0 Å². The zero-order valence-corrected chi connectivity index (χ0v) is 15.2. The van der Waals surface area contributed by atoms with Crippen LogP contribution in [0.2, 0.25) is 0 Å². The Morgan fingerprint density at radius 3 is 2.08 bits per heavy atom. The van der Waals surface area contributed by atoms with Gasteiger partial charge >= 0.3 is 5.97 Å². The number of carbonyl (C=O) groups is 2. The molecule has 2 aromatic carbocycles. The third kappa shape index (κ3) is 3.57. The Hall–Kier alpha value is -2.82. The van der Waals surface area contributed by atoms with Crippen LogP contribution in [0.4, 0.5) is 11.4 Å². The summed E-state index contributed by atoms with van der Waals surface area (Å²) in [6.07, 6.45) is 1.47. The number of carbonyl (C=O) groups excluding carboxylic acids is 2. The van der Waals surface area contributed by atoms with Crippen molar-refractivity contribution in [3.05, 3.63) is 60.7 Å². The normalized spacial score (nSPS) is 17.6. The molecule has 3 rings (SSSR count). The maximum Gasteiger partial charge on any atom is 0.328 e. The lowest BCUT2D eigenvalue weighted by atomic mass is 10.1. The fraction of sp³-hybridized carbons (Fsp3) is 0.333. The number of para-hydroxylation sites is 2. The molecule has 1 aliphatic rings. The molecular formula is C21H24N2O3. The van der Waals surface area contributed by atoms with Crippen LogP contribution in [-0.4, -0.2) is 42.5 Å². The number of benzene rings is 2. The molecule has 1 amide bonds.